The molecule has 0 saturated carbocycles. The number of esters is 1. The second kappa shape index (κ2) is 8.29. The number of hydrogen-bond donors (Lipinski definition) is 0. The van der Waals surface area contributed by atoms with Crippen LogP contribution in [0.5, 0.6) is 0 Å². The molecule has 126 valence electrons. The lowest BCUT2D eigenvalue weighted by Crippen LogP contribution is -2.43. The van der Waals surface area contributed by atoms with E-state index in [1.807, 2.05) is 19.9 Å². The van der Waals surface area contributed by atoms with E-state index in [-0.39, 0.29) is 17.8 Å². The summed E-state index contributed by atoms with van der Waals surface area (Å²) in [5.41, 5.74) is 1.79. The van der Waals surface area contributed by atoms with Crippen LogP contribution in [0, 0.1) is 19.8 Å². The van der Waals surface area contributed by atoms with Crippen molar-refractivity contribution in [3.05, 3.63) is 17.5 Å². The van der Waals surface area contributed by atoms with Gasteiger partial charge < -0.3 is 9.64 Å². The molecule has 0 aliphatic carbocycles. The van der Waals surface area contributed by atoms with Crippen LogP contribution in [0.3, 0.4) is 0 Å². The Kier molecular flexibility index (Phi) is 6.38. The molecule has 1 amide bonds. The molecule has 1 aliphatic rings. The van der Waals surface area contributed by atoms with Gasteiger partial charge in [-0.3, -0.25) is 9.59 Å². The number of aryl methyl sites for hydroxylation is 2. The van der Waals surface area contributed by atoms with Crippen molar-refractivity contribution in [2.24, 2.45) is 5.92 Å². The van der Waals surface area contributed by atoms with Gasteiger partial charge in [-0.15, -0.1) is 0 Å². The number of piperidine rings is 1. The summed E-state index contributed by atoms with van der Waals surface area (Å²) in [5.74, 6) is -0.0875. The van der Waals surface area contributed by atoms with Gasteiger partial charge in [-0.2, -0.15) is 0 Å². The number of carbonyl (C=O) groups excluding carboxylic acids is 2. The molecule has 1 aromatic rings. The van der Waals surface area contributed by atoms with Crippen LogP contribution in [0.1, 0.15) is 31.2 Å². The van der Waals surface area contributed by atoms with Gasteiger partial charge >= 0.3 is 5.97 Å². The number of amides is 1. The normalized spacial score (nSPS) is 17.9. The predicted octanol–water partition coefficient (Wildman–Crippen LogP) is 1.99. The van der Waals surface area contributed by atoms with Gasteiger partial charge in [-0.05, 0) is 39.7 Å². The summed E-state index contributed by atoms with van der Waals surface area (Å²) in [6.45, 7) is 7.15. The average Bonchev–Trinajstić information content (AvgIpc) is 2.52. The van der Waals surface area contributed by atoms with Crippen molar-refractivity contribution in [1.29, 1.82) is 0 Å². The largest absolute Gasteiger partial charge is 0.466 e. The van der Waals surface area contributed by atoms with Crippen LogP contribution < -0.4 is 0 Å². The molecule has 0 N–H and O–H groups in total. The van der Waals surface area contributed by atoms with E-state index < -0.39 is 0 Å². The van der Waals surface area contributed by atoms with E-state index in [0.29, 0.717) is 30.6 Å². The minimum atomic E-state index is -0.199. The summed E-state index contributed by atoms with van der Waals surface area (Å²) in [6, 6.07) is 1.90. The Bertz CT molecular complexity index is 559. The third-order valence-corrected chi connectivity index (χ3v) is 4.51. The quantitative estimate of drug-likeness (QED) is 0.465. The Balaban J connectivity index is 1.88. The summed E-state index contributed by atoms with van der Waals surface area (Å²) >= 11 is 1.34. The zero-order chi connectivity index (χ0) is 16.8. The Morgan fingerprint density at radius 2 is 2.04 bits per heavy atom. The lowest BCUT2D eigenvalue weighted by molar-refractivity contribution is -0.151. The highest BCUT2D eigenvalue weighted by Gasteiger charge is 2.29. The molecule has 1 aliphatic heterocycles. The van der Waals surface area contributed by atoms with Crippen LogP contribution in [0.15, 0.2) is 11.2 Å². The first-order valence-corrected chi connectivity index (χ1v) is 8.87. The lowest BCUT2D eigenvalue weighted by Gasteiger charge is -2.31. The highest BCUT2D eigenvalue weighted by Crippen LogP contribution is 2.20. The molecule has 2 heterocycles. The van der Waals surface area contributed by atoms with Crippen molar-refractivity contribution in [2.45, 2.75) is 38.8 Å². The Morgan fingerprint density at radius 3 is 2.70 bits per heavy atom. The molecule has 0 bridgehead atoms. The standard InChI is InChI=1S/C16H23N3O3S/c1-4-22-15(21)13-6-5-7-19(9-13)14(20)10-23-16-17-11(2)8-12(3)18-16/h8,13H,4-7,9-10H2,1-3H3/t13-/m1/s1. The van der Waals surface area contributed by atoms with Crippen LogP contribution in [0.2, 0.25) is 0 Å². The maximum Gasteiger partial charge on any atom is 0.310 e. The number of hydrogen-bond acceptors (Lipinski definition) is 6. The molecular formula is C16H23N3O3S. The second-order valence-electron chi connectivity index (χ2n) is 5.65. The van der Waals surface area contributed by atoms with Crippen molar-refractivity contribution in [3.8, 4) is 0 Å². The molecule has 1 fully saturated rings. The third kappa shape index (κ3) is 5.20. The highest BCUT2D eigenvalue weighted by molar-refractivity contribution is 7.99. The molecule has 23 heavy (non-hydrogen) atoms. The van der Waals surface area contributed by atoms with E-state index in [9.17, 15) is 9.59 Å². The van der Waals surface area contributed by atoms with Crippen molar-refractivity contribution in [2.75, 3.05) is 25.4 Å². The number of thioether (sulfide) groups is 1. The van der Waals surface area contributed by atoms with E-state index in [2.05, 4.69) is 9.97 Å². The molecule has 6 nitrogen and oxygen atoms in total. The van der Waals surface area contributed by atoms with Crippen LogP contribution in [-0.4, -0.2) is 52.2 Å². The summed E-state index contributed by atoms with van der Waals surface area (Å²) in [4.78, 5) is 34.6. The first-order valence-electron chi connectivity index (χ1n) is 7.89. The van der Waals surface area contributed by atoms with Gasteiger partial charge in [0.05, 0.1) is 18.3 Å². The first-order chi connectivity index (χ1) is 11.0. The van der Waals surface area contributed by atoms with Crippen molar-refractivity contribution >= 4 is 23.6 Å². The molecule has 0 spiro atoms. The maximum atomic E-state index is 12.4. The van der Waals surface area contributed by atoms with Crippen LogP contribution >= 0.6 is 11.8 Å². The fourth-order valence-corrected chi connectivity index (χ4v) is 3.48. The predicted molar refractivity (Wildman–Crippen MR) is 88.2 cm³/mol. The van der Waals surface area contributed by atoms with Crippen molar-refractivity contribution in [3.63, 3.8) is 0 Å². The molecule has 0 aromatic carbocycles. The highest BCUT2D eigenvalue weighted by atomic mass is 32.2. The fraction of sp³-hybridized carbons (Fsp3) is 0.625. The number of likely N-dealkylation sites (tertiary alicyclic amines) is 1. The molecule has 0 radical (unpaired) electrons. The van der Waals surface area contributed by atoms with E-state index in [1.54, 1.807) is 11.8 Å². The number of ether oxygens (including phenoxy) is 1. The smallest absolute Gasteiger partial charge is 0.310 e. The number of carbonyl (C=O) groups is 2. The Labute approximate surface area is 141 Å². The Hall–Kier alpha value is -1.63. The molecule has 0 unspecified atom stereocenters. The monoisotopic (exact) mass is 337 g/mol. The molecule has 2 rings (SSSR count). The first kappa shape index (κ1) is 17.7. The summed E-state index contributed by atoms with van der Waals surface area (Å²) < 4.78 is 5.06. The average molecular weight is 337 g/mol. The summed E-state index contributed by atoms with van der Waals surface area (Å²) in [5, 5.41) is 0.620. The lowest BCUT2D eigenvalue weighted by atomic mass is 9.98. The summed E-state index contributed by atoms with van der Waals surface area (Å²) in [7, 11) is 0. The van der Waals surface area contributed by atoms with E-state index in [4.69, 9.17) is 4.74 Å². The van der Waals surface area contributed by atoms with Crippen LogP contribution in [0.4, 0.5) is 0 Å². The van der Waals surface area contributed by atoms with Gasteiger partial charge in [0.15, 0.2) is 5.16 Å². The van der Waals surface area contributed by atoms with Crippen LogP contribution in [0.25, 0.3) is 0 Å². The zero-order valence-electron chi connectivity index (χ0n) is 13.9. The number of rotatable bonds is 5. The van der Waals surface area contributed by atoms with Gasteiger partial charge in [-0.25, -0.2) is 9.97 Å². The van der Waals surface area contributed by atoms with E-state index in [1.165, 1.54) is 11.8 Å². The van der Waals surface area contributed by atoms with Crippen molar-refractivity contribution in [1.82, 2.24) is 14.9 Å². The van der Waals surface area contributed by atoms with Gasteiger partial charge in [0.2, 0.25) is 5.91 Å². The summed E-state index contributed by atoms with van der Waals surface area (Å²) in [6.07, 6.45) is 1.62. The molecular weight excluding hydrogens is 314 g/mol. The maximum absolute atomic E-state index is 12.4. The minimum absolute atomic E-state index is 0.0201. The SMILES string of the molecule is CCOC(=O)[C@@H]1CCCN(C(=O)CSc2nc(C)cc(C)n2)C1. The molecule has 7 heteroatoms. The van der Waals surface area contributed by atoms with E-state index >= 15 is 0 Å². The van der Waals surface area contributed by atoms with Gasteiger partial charge in [0.1, 0.15) is 0 Å². The third-order valence-electron chi connectivity index (χ3n) is 3.68. The zero-order valence-corrected chi connectivity index (χ0v) is 14.7. The number of nitrogens with zero attached hydrogens (tertiary/aromatic N) is 3. The molecule has 1 aromatic heterocycles. The second-order valence-corrected chi connectivity index (χ2v) is 6.60. The fourth-order valence-electron chi connectivity index (χ4n) is 2.63. The Morgan fingerprint density at radius 1 is 1.35 bits per heavy atom. The molecule has 1 saturated heterocycles. The molecule has 1 atom stereocenters. The van der Waals surface area contributed by atoms with Gasteiger partial charge in [0, 0.05) is 24.5 Å². The topological polar surface area (TPSA) is 72.4 Å². The van der Waals surface area contributed by atoms with Gasteiger partial charge in [-0.1, -0.05) is 11.8 Å². The van der Waals surface area contributed by atoms with E-state index in [0.717, 1.165) is 24.2 Å². The number of aromatic nitrogens is 2. The minimum Gasteiger partial charge on any atom is -0.466 e. The van der Waals surface area contributed by atoms with Gasteiger partial charge in [0.25, 0.3) is 0 Å². The van der Waals surface area contributed by atoms with Crippen LogP contribution in [-0.2, 0) is 14.3 Å². The van der Waals surface area contributed by atoms with Crippen molar-refractivity contribution < 1.29 is 14.3 Å².